The molecule has 56 heavy (non-hydrogen) atoms. The maximum absolute atomic E-state index is 14.2. The lowest BCUT2D eigenvalue weighted by molar-refractivity contribution is 0.282. The van der Waals surface area contributed by atoms with Gasteiger partial charge < -0.3 is 5.11 Å². The van der Waals surface area contributed by atoms with E-state index in [1.807, 2.05) is 91.0 Å². The highest BCUT2D eigenvalue weighted by Crippen LogP contribution is 2.71. The fourth-order valence-corrected chi connectivity index (χ4v) is 11.3. The monoisotopic (exact) mass is 786 g/mol. The van der Waals surface area contributed by atoms with E-state index in [-0.39, 0.29) is 17.6 Å². The first-order valence-electron chi connectivity index (χ1n) is 19.4. The Labute approximate surface area is 336 Å². The van der Waals surface area contributed by atoms with Crippen molar-refractivity contribution in [2.45, 2.75) is 90.4 Å². The predicted molar refractivity (Wildman–Crippen MR) is 229 cm³/mol. The summed E-state index contributed by atoms with van der Waals surface area (Å²) in [6, 6.07) is 46.6. The van der Waals surface area contributed by atoms with Gasteiger partial charge in [0, 0.05) is 25.4 Å². The number of hydrogen-bond acceptors (Lipinski definition) is 5. The molecule has 0 heterocycles. The van der Waals surface area contributed by atoms with Crippen molar-refractivity contribution in [3.8, 4) is 24.7 Å². The number of terminal acetylenes is 2. The molecule has 3 atom stereocenters. The first-order valence-corrected chi connectivity index (χ1v) is 22.6. The van der Waals surface area contributed by atoms with E-state index in [9.17, 15) is 16.8 Å². The Morgan fingerprint density at radius 1 is 0.536 bits per heavy atom. The molecule has 1 saturated carbocycles. The molecule has 0 amide bonds. The van der Waals surface area contributed by atoms with Crippen molar-refractivity contribution >= 4 is 19.7 Å². The molecular weight excluding hydrogens is 733 g/mol. The average Bonchev–Trinajstić information content (AvgIpc) is 3.93. The Morgan fingerprint density at radius 3 is 1.50 bits per heavy atom. The maximum atomic E-state index is 14.2. The van der Waals surface area contributed by atoms with Gasteiger partial charge in [0.2, 0.25) is 0 Å². The lowest BCUT2D eigenvalue weighted by atomic mass is 10.0. The second kappa shape index (κ2) is 22.6. The molecule has 292 valence electrons. The number of aliphatic hydroxyl groups is 1. The minimum Gasteiger partial charge on any atom is -0.396 e. The van der Waals surface area contributed by atoms with Crippen molar-refractivity contribution in [1.82, 2.24) is 0 Å². The molecule has 6 rings (SSSR count). The van der Waals surface area contributed by atoms with Crippen LogP contribution in [0.1, 0.15) is 86.8 Å². The fraction of sp³-hybridized carbons (Fsp3) is 0.306. The Bertz CT molecular complexity index is 2160. The minimum absolute atomic E-state index is 0.0355. The first-order chi connectivity index (χ1) is 27.2. The topological polar surface area (TPSA) is 88.5 Å². The van der Waals surface area contributed by atoms with Gasteiger partial charge in [0.1, 0.15) is 4.75 Å². The van der Waals surface area contributed by atoms with Crippen LogP contribution in [0.2, 0.25) is 0 Å². The van der Waals surface area contributed by atoms with E-state index in [4.69, 9.17) is 18.0 Å². The molecule has 5 nitrogen and oxygen atoms in total. The molecule has 1 aliphatic carbocycles. The van der Waals surface area contributed by atoms with Gasteiger partial charge in [-0.25, -0.2) is 16.8 Å². The van der Waals surface area contributed by atoms with Crippen molar-refractivity contribution < 1.29 is 21.9 Å². The summed E-state index contributed by atoms with van der Waals surface area (Å²) in [6.07, 6.45) is 20.3. The van der Waals surface area contributed by atoms with Crippen molar-refractivity contribution in [2.75, 3.05) is 6.61 Å². The number of unbranched alkanes of at least 4 members (excludes halogenated alkanes) is 7. The molecule has 5 aromatic rings. The Kier molecular flexibility index (Phi) is 17.7. The van der Waals surface area contributed by atoms with Crippen molar-refractivity contribution in [3.05, 3.63) is 168 Å². The van der Waals surface area contributed by atoms with Gasteiger partial charge in [-0.1, -0.05) is 153 Å². The number of benzene rings is 5. The van der Waals surface area contributed by atoms with Crippen molar-refractivity contribution in [3.63, 3.8) is 0 Å². The minimum atomic E-state index is -3.61. The van der Waals surface area contributed by atoms with E-state index in [2.05, 4.69) is 24.0 Å². The van der Waals surface area contributed by atoms with Crippen LogP contribution in [0.15, 0.2) is 161 Å². The summed E-state index contributed by atoms with van der Waals surface area (Å²) in [5.41, 5.74) is 2.80. The molecule has 0 aliphatic heterocycles. The van der Waals surface area contributed by atoms with Crippen molar-refractivity contribution in [1.29, 1.82) is 0 Å². The van der Waals surface area contributed by atoms with Gasteiger partial charge in [0.05, 0.1) is 15.5 Å². The highest BCUT2D eigenvalue weighted by atomic mass is 32.2. The predicted octanol–water partition coefficient (Wildman–Crippen LogP) is 10.6. The molecule has 0 radical (unpaired) electrons. The van der Waals surface area contributed by atoms with Crippen LogP contribution < -0.4 is 0 Å². The SMILES string of the molecule is C#CCCCCCCO.C#CCCCCC[C@H]1[C@H](c2ccccc2)[C@@]1(c1ccccc1)S(=O)(=O)c1ccccc1.O=S(=O)(Cc1ccccc1)c1ccccc1. The van der Waals surface area contributed by atoms with E-state index in [0.717, 1.165) is 80.9 Å². The summed E-state index contributed by atoms with van der Waals surface area (Å²) in [5, 5.41) is 8.38. The largest absolute Gasteiger partial charge is 0.396 e. The van der Waals surface area contributed by atoms with Gasteiger partial charge in [0.25, 0.3) is 0 Å². The van der Waals surface area contributed by atoms with Gasteiger partial charge >= 0.3 is 0 Å². The normalized spacial score (nSPS) is 17.1. The summed E-state index contributed by atoms with van der Waals surface area (Å²) >= 11 is 0. The third kappa shape index (κ3) is 11.8. The van der Waals surface area contributed by atoms with E-state index in [1.54, 1.807) is 48.5 Å². The molecule has 1 N–H and O–H groups in total. The van der Waals surface area contributed by atoms with Crippen LogP contribution in [-0.2, 0) is 30.2 Å². The fourth-order valence-electron chi connectivity index (χ4n) is 7.33. The van der Waals surface area contributed by atoms with Crippen LogP contribution in [0.3, 0.4) is 0 Å². The van der Waals surface area contributed by atoms with Gasteiger partial charge in [0.15, 0.2) is 19.7 Å². The molecule has 0 saturated heterocycles. The smallest absolute Gasteiger partial charge is 0.189 e. The summed E-state index contributed by atoms with van der Waals surface area (Å²) in [6.45, 7) is 0.316. The van der Waals surface area contributed by atoms with Gasteiger partial charge in [-0.05, 0) is 72.6 Å². The molecule has 0 spiro atoms. The molecule has 0 aromatic heterocycles. The molecule has 0 bridgehead atoms. The Balaban J connectivity index is 0.000000231. The van der Waals surface area contributed by atoms with E-state index in [1.165, 1.54) is 0 Å². The van der Waals surface area contributed by atoms with Gasteiger partial charge in [-0.15, -0.1) is 24.7 Å². The second-order valence-electron chi connectivity index (χ2n) is 13.9. The van der Waals surface area contributed by atoms with Crippen LogP contribution in [0.5, 0.6) is 0 Å². The number of sulfone groups is 2. The van der Waals surface area contributed by atoms with Crippen LogP contribution >= 0.6 is 0 Å². The highest BCUT2D eigenvalue weighted by Gasteiger charge is 2.73. The van der Waals surface area contributed by atoms with Crippen LogP contribution in [0, 0.1) is 30.6 Å². The molecule has 1 aliphatic rings. The summed E-state index contributed by atoms with van der Waals surface area (Å²) in [7, 11) is -6.82. The Hall–Kier alpha value is -4.92. The zero-order valence-electron chi connectivity index (χ0n) is 32.1. The lowest BCUT2D eigenvalue weighted by Gasteiger charge is -2.21. The zero-order chi connectivity index (χ0) is 40.1. The number of rotatable bonds is 17. The Morgan fingerprint density at radius 2 is 0.982 bits per heavy atom. The van der Waals surface area contributed by atoms with Gasteiger partial charge in [-0.2, -0.15) is 0 Å². The lowest BCUT2D eigenvalue weighted by Crippen LogP contribution is -2.25. The molecule has 7 heteroatoms. The maximum Gasteiger partial charge on any atom is 0.189 e. The van der Waals surface area contributed by atoms with Crippen LogP contribution in [0.25, 0.3) is 0 Å². The third-order valence-corrected chi connectivity index (χ3v) is 14.3. The number of hydrogen-bond donors (Lipinski definition) is 1. The van der Waals surface area contributed by atoms with Gasteiger partial charge in [-0.3, -0.25) is 0 Å². The summed E-state index contributed by atoms with van der Waals surface area (Å²) in [4.78, 5) is 0.772. The average molecular weight is 787 g/mol. The van der Waals surface area contributed by atoms with Crippen LogP contribution in [0.4, 0.5) is 0 Å². The van der Waals surface area contributed by atoms with Crippen LogP contribution in [-0.4, -0.2) is 28.5 Å². The molecular formula is C49H54O5S2. The van der Waals surface area contributed by atoms with E-state index in [0.29, 0.717) is 16.4 Å². The molecule has 1 fully saturated rings. The van der Waals surface area contributed by atoms with E-state index >= 15 is 0 Å². The quantitative estimate of drug-likeness (QED) is 0.0749. The van der Waals surface area contributed by atoms with Crippen molar-refractivity contribution in [2.24, 2.45) is 5.92 Å². The molecule has 5 aromatic carbocycles. The summed E-state index contributed by atoms with van der Waals surface area (Å²) in [5.74, 6) is 5.31. The highest BCUT2D eigenvalue weighted by molar-refractivity contribution is 7.92. The second-order valence-corrected chi connectivity index (χ2v) is 18.1. The zero-order valence-corrected chi connectivity index (χ0v) is 33.8. The van der Waals surface area contributed by atoms with E-state index < -0.39 is 24.4 Å². The first kappa shape index (κ1) is 43.8. The molecule has 0 unspecified atom stereocenters. The standard InChI is InChI=1S/C28H28O2S.C13H12O2S.C8H14O/c1-2-3-4-5-15-22-26-27(23-16-9-6-10-17-23)28(26,24-18-11-7-12-19-24)31(29,30)25-20-13-8-14-21-25;14-16(15,13-9-5-2-6-10-13)11-12-7-3-1-4-8-12;1-2-3-4-5-6-7-8-9/h1,6-14,16-21,26-27H,3-5,15,22H2;1-10H,11H2;1,9H,3-8H2/t26-,27-,28-;;/m0../s1. The number of aliphatic hydroxyl groups excluding tert-OH is 1. The summed E-state index contributed by atoms with van der Waals surface area (Å²) < 4.78 is 51.5. The third-order valence-electron chi connectivity index (χ3n) is 10.1.